The van der Waals surface area contributed by atoms with Crippen molar-refractivity contribution >= 4 is 16.9 Å². The highest BCUT2D eigenvalue weighted by Gasteiger charge is 2.10. The SMILES string of the molecule is Cc1nc2ccccc2n1CCNC(=O)c1cnn(-c2ccccc2)c1. The lowest BCUT2D eigenvalue weighted by Crippen LogP contribution is -2.27. The Balaban J connectivity index is 1.41. The van der Waals surface area contributed by atoms with Crippen molar-refractivity contribution in [1.29, 1.82) is 0 Å². The Labute approximate surface area is 151 Å². The van der Waals surface area contributed by atoms with Crippen LogP contribution >= 0.6 is 0 Å². The van der Waals surface area contributed by atoms with E-state index in [0.717, 1.165) is 22.5 Å². The molecule has 2 heterocycles. The Morgan fingerprint density at radius 1 is 1.08 bits per heavy atom. The lowest BCUT2D eigenvalue weighted by atomic mass is 10.3. The van der Waals surface area contributed by atoms with Crippen LogP contribution in [0.3, 0.4) is 0 Å². The van der Waals surface area contributed by atoms with Crippen LogP contribution < -0.4 is 5.32 Å². The number of fused-ring (bicyclic) bond motifs is 1. The monoisotopic (exact) mass is 345 g/mol. The third-order valence-corrected chi connectivity index (χ3v) is 4.33. The Bertz CT molecular complexity index is 1050. The summed E-state index contributed by atoms with van der Waals surface area (Å²) in [4.78, 5) is 16.9. The first kappa shape index (κ1) is 16.1. The van der Waals surface area contributed by atoms with Gasteiger partial charge < -0.3 is 9.88 Å². The topological polar surface area (TPSA) is 64.7 Å². The van der Waals surface area contributed by atoms with Crippen LogP contribution in [0.4, 0.5) is 0 Å². The van der Waals surface area contributed by atoms with Gasteiger partial charge in [-0.2, -0.15) is 5.10 Å². The van der Waals surface area contributed by atoms with E-state index in [0.29, 0.717) is 18.7 Å². The number of carbonyl (C=O) groups is 1. The molecule has 0 aliphatic rings. The second kappa shape index (κ2) is 6.84. The summed E-state index contributed by atoms with van der Waals surface area (Å²) in [5, 5.41) is 7.21. The van der Waals surface area contributed by atoms with Gasteiger partial charge in [0, 0.05) is 19.3 Å². The minimum Gasteiger partial charge on any atom is -0.350 e. The number of rotatable bonds is 5. The number of imidazole rings is 1. The molecule has 6 nitrogen and oxygen atoms in total. The Morgan fingerprint density at radius 2 is 1.85 bits per heavy atom. The van der Waals surface area contributed by atoms with E-state index in [1.807, 2.05) is 61.5 Å². The van der Waals surface area contributed by atoms with Crippen molar-refractivity contribution in [3.8, 4) is 5.69 Å². The zero-order valence-corrected chi connectivity index (χ0v) is 14.5. The number of carbonyl (C=O) groups excluding carboxylic acids is 1. The molecule has 1 amide bonds. The molecule has 4 aromatic rings. The van der Waals surface area contributed by atoms with E-state index in [9.17, 15) is 4.79 Å². The maximum atomic E-state index is 12.4. The summed E-state index contributed by atoms with van der Waals surface area (Å²) in [6.45, 7) is 3.17. The van der Waals surface area contributed by atoms with Crippen LogP contribution in [0.2, 0.25) is 0 Å². The molecule has 1 N–H and O–H groups in total. The van der Waals surface area contributed by atoms with Crippen LogP contribution in [0.1, 0.15) is 16.2 Å². The molecule has 26 heavy (non-hydrogen) atoms. The normalized spacial score (nSPS) is 11.0. The molecule has 0 saturated carbocycles. The molecular formula is C20H19N5O. The van der Waals surface area contributed by atoms with Gasteiger partial charge in [0.05, 0.1) is 28.5 Å². The summed E-state index contributed by atoms with van der Waals surface area (Å²) in [5.41, 5.74) is 3.52. The highest BCUT2D eigenvalue weighted by atomic mass is 16.1. The molecule has 0 spiro atoms. The van der Waals surface area contributed by atoms with Gasteiger partial charge in [-0.1, -0.05) is 30.3 Å². The number of para-hydroxylation sites is 3. The van der Waals surface area contributed by atoms with Crippen molar-refractivity contribution in [3.63, 3.8) is 0 Å². The maximum Gasteiger partial charge on any atom is 0.254 e. The van der Waals surface area contributed by atoms with Crippen LogP contribution in [0, 0.1) is 6.92 Å². The van der Waals surface area contributed by atoms with Crippen molar-refractivity contribution in [2.24, 2.45) is 0 Å². The second-order valence-electron chi connectivity index (χ2n) is 6.06. The molecule has 4 rings (SSSR count). The number of hydrogen-bond donors (Lipinski definition) is 1. The highest BCUT2D eigenvalue weighted by Crippen LogP contribution is 2.15. The number of hydrogen-bond acceptors (Lipinski definition) is 3. The second-order valence-corrected chi connectivity index (χ2v) is 6.06. The molecule has 2 aromatic carbocycles. The van der Waals surface area contributed by atoms with E-state index in [1.165, 1.54) is 0 Å². The average Bonchev–Trinajstić information content (AvgIpc) is 3.28. The average molecular weight is 345 g/mol. The summed E-state index contributed by atoms with van der Waals surface area (Å²) in [6.07, 6.45) is 3.32. The zero-order chi connectivity index (χ0) is 17.9. The van der Waals surface area contributed by atoms with Gasteiger partial charge in [0.2, 0.25) is 0 Å². The van der Waals surface area contributed by atoms with Crippen LogP contribution in [0.15, 0.2) is 67.0 Å². The molecule has 0 radical (unpaired) electrons. The van der Waals surface area contributed by atoms with Gasteiger partial charge in [-0.3, -0.25) is 4.79 Å². The maximum absolute atomic E-state index is 12.4. The van der Waals surface area contributed by atoms with E-state index >= 15 is 0 Å². The summed E-state index contributed by atoms with van der Waals surface area (Å²) in [7, 11) is 0. The minimum absolute atomic E-state index is 0.130. The first-order chi connectivity index (χ1) is 12.7. The summed E-state index contributed by atoms with van der Waals surface area (Å²) >= 11 is 0. The first-order valence-electron chi connectivity index (χ1n) is 8.52. The number of benzene rings is 2. The molecule has 0 unspecified atom stereocenters. The van der Waals surface area contributed by atoms with Gasteiger partial charge in [-0.05, 0) is 31.2 Å². The van der Waals surface area contributed by atoms with E-state index in [-0.39, 0.29) is 5.91 Å². The largest absolute Gasteiger partial charge is 0.350 e. The molecule has 0 atom stereocenters. The lowest BCUT2D eigenvalue weighted by molar-refractivity contribution is 0.0952. The third-order valence-electron chi connectivity index (χ3n) is 4.33. The summed E-state index contributed by atoms with van der Waals surface area (Å²) < 4.78 is 3.81. The Hall–Kier alpha value is -3.41. The van der Waals surface area contributed by atoms with Gasteiger partial charge in [-0.15, -0.1) is 0 Å². The predicted molar refractivity (Wildman–Crippen MR) is 100 cm³/mol. The fraction of sp³-hybridized carbons (Fsp3) is 0.150. The van der Waals surface area contributed by atoms with Gasteiger partial charge in [0.25, 0.3) is 5.91 Å². The molecule has 6 heteroatoms. The van der Waals surface area contributed by atoms with Gasteiger partial charge in [-0.25, -0.2) is 9.67 Å². The van der Waals surface area contributed by atoms with Crippen molar-refractivity contribution in [2.75, 3.05) is 6.54 Å². The van der Waals surface area contributed by atoms with Crippen molar-refractivity contribution < 1.29 is 4.79 Å². The number of aromatic nitrogens is 4. The molecule has 0 saturated heterocycles. The number of nitrogens with zero attached hydrogens (tertiary/aromatic N) is 4. The van der Waals surface area contributed by atoms with E-state index in [4.69, 9.17) is 0 Å². The highest BCUT2D eigenvalue weighted by molar-refractivity contribution is 5.93. The van der Waals surface area contributed by atoms with E-state index in [1.54, 1.807) is 17.1 Å². The Morgan fingerprint density at radius 3 is 2.69 bits per heavy atom. The summed E-state index contributed by atoms with van der Waals surface area (Å²) in [6, 6.07) is 17.7. The number of nitrogens with one attached hydrogen (secondary N) is 1. The molecule has 0 aliphatic heterocycles. The van der Waals surface area contributed by atoms with Crippen LogP contribution in [0.5, 0.6) is 0 Å². The quantitative estimate of drug-likeness (QED) is 0.605. The molecule has 0 aliphatic carbocycles. The van der Waals surface area contributed by atoms with Crippen molar-refractivity contribution in [2.45, 2.75) is 13.5 Å². The molecule has 0 fully saturated rings. The first-order valence-corrected chi connectivity index (χ1v) is 8.52. The van der Waals surface area contributed by atoms with Gasteiger partial charge in [0.1, 0.15) is 5.82 Å². The minimum atomic E-state index is -0.130. The smallest absolute Gasteiger partial charge is 0.254 e. The van der Waals surface area contributed by atoms with Crippen molar-refractivity contribution in [3.05, 3.63) is 78.4 Å². The van der Waals surface area contributed by atoms with Crippen molar-refractivity contribution in [1.82, 2.24) is 24.6 Å². The predicted octanol–water partition coefficient (Wildman–Crippen LogP) is 2.96. The molecule has 130 valence electrons. The third kappa shape index (κ3) is 3.09. The molecule has 2 aromatic heterocycles. The number of amides is 1. The Kier molecular flexibility index (Phi) is 4.23. The molecular weight excluding hydrogens is 326 g/mol. The van der Waals surface area contributed by atoms with Crippen LogP contribution in [-0.4, -0.2) is 31.8 Å². The van der Waals surface area contributed by atoms with Gasteiger partial charge in [0.15, 0.2) is 0 Å². The van der Waals surface area contributed by atoms with Gasteiger partial charge >= 0.3 is 0 Å². The standard InChI is InChI=1S/C20H19N5O/c1-15-23-18-9-5-6-10-19(18)24(15)12-11-21-20(26)16-13-22-25(14-16)17-7-3-2-4-8-17/h2-10,13-14H,11-12H2,1H3,(H,21,26). The van der Waals surface area contributed by atoms with E-state index in [2.05, 4.69) is 20.0 Å². The van der Waals surface area contributed by atoms with E-state index < -0.39 is 0 Å². The molecule has 0 bridgehead atoms. The van der Waals surface area contributed by atoms with Crippen LogP contribution in [-0.2, 0) is 6.54 Å². The number of aryl methyl sites for hydroxylation is 1. The lowest BCUT2D eigenvalue weighted by Gasteiger charge is -2.08. The van der Waals surface area contributed by atoms with Crippen LogP contribution in [0.25, 0.3) is 16.7 Å². The zero-order valence-electron chi connectivity index (χ0n) is 14.5. The fourth-order valence-corrected chi connectivity index (χ4v) is 3.02. The fourth-order valence-electron chi connectivity index (χ4n) is 3.02. The summed E-state index contributed by atoms with van der Waals surface area (Å²) in [5.74, 6) is 0.812.